The van der Waals surface area contributed by atoms with Crippen LogP contribution < -0.4 is 5.73 Å². The summed E-state index contributed by atoms with van der Waals surface area (Å²) in [4.78, 5) is 14.5. The van der Waals surface area contributed by atoms with Crippen LogP contribution in [0.25, 0.3) is 0 Å². The van der Waals surface area contributed by atoms with Crippen molar-refractivity contribution in [1.82, 2.24) is 4.90 Å². The molecule has 0 aromatic heterocycles. The van der Waals surface area contributed by atoms with Crippen molar-refractivity contribution < 1.29 is 4.79 Å². The Labute approximate surface area is 123 Å². The van der Waals surface area contributed by atoms with Crippen LogP contribution in [0.5, 0.6) is 0 Å². The van der Waals surface area contributed by atoms with Gasteiger partial charge in [-0.2, -0.15) is 0 Å². The van der Waals surface area contributed by atoms with E-state index in [0.29, 0.717) is 0 Å². The Morgan fingerprint density at radius 1 is 1.21 bits per heavy atom. The van der Waals surface area contributed by atoms with Crippen LogP contribution in [0.1, 0.15) is 58.3 Å². The predicted octanol–water partition coefficient (Wildman–Crippen LogP) is 2.96. The number of hydrogen-bond acceptors (Lipinski definition) is 2. The van der Waals surface area contributed by atoms with Gasteiger partial charge in [-0.1, -0.05) is 25.7 Å². The first-order chi connectivity index (χ1) is 8.50. The highest BCUT2D eigenvalue weighted by Crippen LogP contribution is 2.33. The highest BCUT2D eigenvalue weighted by Gasteiger charge is 2.39. The summed E-state index contributed by atoms with van der Waals surface area (Å²) in [5, 5.41) is 0. The van der Waals surface area contributed by atoms with Gasteiger partial charge in [-0.05, 0) is 38.5 Å². The van der Waals surface area contributed by atoms with E-state index in [0.717, 1.165) is 31.7 Å². The Morgan fingerprint density at radius 2 is 1.79 bits per heavy atom. The van der Waals surface area contributed by atoms with E-state index in [1.165, 1.54) is 32.1 Å². The maximum absolute atomic E-state index is 12.5. The first-order valence-electron chi connectivity index (χ1n) is 7.54. The van der Waals surface area contributed by atoms with Crippen LogP contribution >= 0.6 is 12.4 Å². The molecule has 0 heterocycles. The summed E-state index contributed by atoms with van der Waals surface area (Å²) in [5.74, 6) is 1.05. The van der Waals surface area contributed by atoms with Gasteiger partial charge in [-0.3, -0.25) is 4.79 Å². The van der Waals surface area contributed by atoms with E-state index in [9.17, 15) is 4.79 Å². The molecule has 0 bridgehead atoms. The van der Waals surface area contributed by atoms with E-state index in [4.69, 9.17) is 5.73 Å². The van der Waals surface area contributed by atoms with Crippen LogP contribution in [0.4, 0.5) is 0 Å². The number of rotatable bonds is 3. The molecule has 0 spiro atoms. The largest absolute Gasteiger partial charge is 0.345 e. The molecule has 3 nitrogen and oxygen atoms in total. The molecule has 2 aliphatic rings. The standard InChI is InChI=1S/C15H28N2O.ClH/c1-15(16)10-6-5-9-13(15)14(18)17(2)11-12-7-3-4-8-12;/h12-13H,3-11,16H2,1-2H3;1H. The van der Waals surface area contributed by atoms with Gasteiger partial charge in [0.05, 0.1) is 5.92 Å². The third-order valence-corrected chi connectivity index (χ3v) is 4.94. The van der Waals surface area contributed by atoms with Crippen LogP contribution in [0.2, 0.25) is 0 Å². The topological polar surface area (TPSA) is 46.3 Å². The number of nitrogens with zero attached hydrogens (tertiary/aromatic N) is 1. The zero-order chi connectivity index (χ0) is 13.2. The summed E-state index contributed by atoms with van der Waals surface area (Å²) in [5.41, 5.74) is 6.03. The molecule has 2 saturated carbocycles. The van der Waals surface area contributed by atoms with E-state index >= 15 is 0 Å². The van der Waals surface area contributed by atoms with Crippen LogP contribution in [0.15, 0.2) is 0 Å². The fraction of sp³-hybridized carbons (Fsp3) is 0.933. The van der Waals surface area contributed by atoms with Gasteiger partial charge in [0.25, 0.3) is 0 Å². The summed E-state index contributed by atoms with van der Waals surface area (Å²) in [6.45, 7) is 2.99. The number of nitrogens with two attached hydrogens (primary N) is 1. The molecular weight excluding hydrogens is 260 g/mol. The highest BCUT2D eigenvalue weighted by molar-refractivity contribution is 5.85. The Balaban J connectivity index is 0.00000180. The second-order valence-corrected chi connectivity index (χ2v) is 6.67. The van der Waals surface area contributed by atoms with Crippen molar-refractivity contribution >= 4 is 18.3 Å². The monoisotopic (exact) mass is 288 g/mol. The van der Waals surface area contributed by atoms with Crippen LogP contribution in [0, 0.1) is 11.8 Å². The smallest absolute Gasteiger partial charge is 0.227 e. The van der Waals surface area contributed by atoms with Crippen LogP contribution in [0.3, 0.4) is 0 Å². The lowest BCUT2D eigenvalue weighted by Gasteiger charge is -2.39. The third-order valence-electron chi connectivity index (χ3n) is 4.94. The van der Waals surface area contributed by atoms with Gasteiger partial charge in [0, 0.05) is 19.1 Å². The Bertz CT molecular complexity index is 301. The molecule has 2 aliphatic carbocycles. The fourth-order valence-electron chi connectivity index (χ4n) is 3.70. The van der Waals surface area contributed by atoms with Gasteiger partial charge in [0.1, 0.15) is 0 Å². The Hall–Kier alpha value is -0.280. The zero-order valence-electron chi connectivity index (χ0n) is 12.4. The normalized spacial score (nSPS) is 31.8. The first-order valence-corrected chi connectivity index (χ1v) is 7.54. The maximum atomic E-state index is 12.5. The van der Waals surface area contributed by atoms with Crippen molar-refractivity contribution in [2.24, 2.45) is 17.6 Å². The number of carbonyl (C=O) groups excluding carboxylic acids is 1. The third kappa shape index (κ3) is 4.09. The number of carbonyl (C=O) groups is 1. The van der Waals surface area contributed by atoms with E-state index in [2.05, 4.69) is 6.92 Å². The summed E-state index contributed by atoms with van der Waals surface area (Å²) >= 11 is 0. The molecule has 0 aliphatic heterocycles. The maximum Gasteiger partial charge on any atom is 0.227 e. The van der Waals surface area contributed by atoms with Crippen LogP contribution in [-0.4, -0.2) is 29.9 Å². The fourth-order valence-corrected chi connectivity index (χ4v) is 3.70. The minimum absolute atomic E-state index is 0. The molecule has 2 unspecified atom stereocenters. The van der Waals surface area contributed by atoms with Crippen LogP contribution in [-0.2, 0) is 4.79 Å². The van der Waals surface area contributed by atoms with E-state index in [-0.39, 0.29) is 29.8 Å². The molecule has 2 atom stereocenters. The van der Waals surface area contributed by atoms with E-state index in [1.807, 2.05) is 11.9 Å². The second kappa shape index (κ2) is 6.94. The van der Waals surface area contributed by atoms with E-state index in [1.54, 1.807) is 0 Å². The second-order valence-electron chi connectivity index (χ2n) is 6.67. The molecule has 19 heavy (non-hydrogen) atoms. The average Bonchev–Trinajstić information content (AvgIpc) is 2.80. The molecule has 4 heteroatoms. The molecule has 112 valence electrons. The summed E-state index contributed by atoms with van der Waals surface area (Å²) < 4.78 is 0. The number of hydrogen-bond donors (Lipinski definition) is 1. The Morgan fingerprint density at radius 3 is 2.37 bits per heavy atom. The summed E-state index contributed by atoms with van der Waals surface area (Å²) in [6, 6.07) is 0. The van der Waals surface area contributed by atoms with Gasteiger partial charge in [0.15, 0.2) is 0 Å². The quantitative estimate of drug-likeness (QED) is 0.868. The Kier molecular flexibility index (Phi) is 6.13. The first kappa shape index (κ1) is 16.8. The average molecular weight is 289 g/mol. The van der Waals surface area contributed by atoms with E-state index < -0.39 is 0 Å². The van der Waals surface area contributed by atoms with Gasteiger partial charge in [-0.15, -0.1) is 12.4 Å². The summed E-state index contributed by atoms with van der Waals surface area (Å²) in [7, 11) is 1.96. The van der Waals surface area contributed by atoms with Crippen molar-refractivity contribution in [2.75, 3.05) is 13.6 Å². The van der Waals surface area contributed by atoms with Gasteiger partial charge >= 0.3 is 0 Å². The highest BCUT2D eigenvalue weighted by atomic mass is 35.5. The summed E-state index contributed by atoms with van der Waals surface area (Å²) in [6.07, 6.45) is 9.55. The van der Waals surface area contributed by atoms with Gasteiger partial charge < -0.3 is 10.6 Å². The van der Waals surface area contributed by atoms with Crippen molar-refractivity contribution in [1.29, 1.82) is 0 Å². The molecular formula is C15H29ClN2O. The lowest BCUT2D eigenvalue weighted by Crippen LogP contribution is -2.53. The lowest BCUT2D eigenvalue weighted by atomic mass is 9.74. The van der Waals surface area contributed by atoms with Crippen molar-refractivity contribution in [2.45, 2.75) is 63.8 Å². The molecule has 0 radical (unpaired) electrons. The molecule has 2 N–H and O–H groups in total. The minimum atomic E-state index is -0.292. The molecule has 0 saturated heterocycles. The van der Waals surface area contributed by atoms with Crippen molar-refractivity contribution in [3.05, 3.63) is 0 Å². The van der Waals surface area contributed by atoms with Crippen molar-refractivity contribution in [3.8, 4) is 0 Å². The minimum Gasteiger partial charge on any atom is -0.345 e. The molecule has 0 aromatic carbocycles. The molecule has 2 fully saturated rings. The van der Waals surface area contributed by atoms with Gasteiger partial charge in [0.2, 0.25) is 5.91 Å². The zero-order valence-corrected chi connectivity index (χ0v) is 13.2. The SMILES string of the molecule is CN(CC1CCCC1)C(=O)C1CCCCC1(C)N.Cl. The van der Waals surface area contributed by atoms with Crippen molar-refractivity contribution in [3.63, 3.8) is 0 Å². The molecule has 2 rings (SSSR count). The number of halogens is 1. The lowest BCUT2D eigenvalue weighted by molar-refractivity contribution is -0.138. The molecule has 0 aromatic rings. The molecule has 1 amide bonds. The van der Waals surface area contributed by atoms with Gasteiger partial charge in [-0.25, -0.2) is 0 Å². The number of amides is 1. The predicted molar refractivity (Wildman–Crippen MR) is 81.4 cm³/mol.